The van der Waals surface area contributed by atoms with Crippen molar-refractivity contribution in [3.63, 3.8) is 0 Å². The van der Waals surface area contributed by atoms with E-state index in [2.05, 4.69) is 0 Å². The number of hydrogen-bond acceptors (Lipinski definition) is 6. The van der Waals surface area contributed by atoms with Gasteiger partial charge in [-0.15, -0.1) is 0 Å². The van der Waals surface area contributed by atoms with Gasteiger partial charge >= 0.3 is 5.97 Å². The lowest BCUT2D eigenvalue weighted by atomic mass is 9.85. The predicted molar refractivity (Wildman–Crippen MR) is 78.4 cm³/mol. The van der Waals surface area contributed by atoms with Gasteiger partial charge in [0.25, 0.3) is 0 Å². The van der Waals surface area contributed by atoms with Crippen LogP contribution in [0.5, 0.6) is 0 Å². The molecule has 7 nitrogen and oxygen atoms in total. The minimum absolute atomic E-state index is 0.174. The molecule has 4 rings (SSSR count). The van der Waals surface area contributed by atoms with E-state index in [1.165, 1.54) is 0 Å². The van der Waals surface area contributed by atoms with Crippen molar-refractivity contribution >= 4 is 16.9 Å². The Labute approximate surface area is 131 Å². The maximum absolute atomic E-state index is 12.2. The maximum atomic E-state index is 12.2. The molecule has 2 saturated heterocycles. The van der Waals surface area contributed by atoms with E-state index in [4.69, 9.17) is 9.47 Å². The summed E-state index contributed by atoms with van der Waals surface area (Å²) < 4.78 is 12.0. The summed E-state index contributed by atoms with van der Waals surface area (Å²) in [5.74, 6) is -3.24. The molecule has 0 saturated carbocycles. The Bertz CT molecular complexity index is 801. The molecule has 23 heavy (non-hydrogen) atoms. The fraction of sp³-hybridized carbons (Fsp3) is 0.438. The normalized spacial score (nSPS) is 36.4. The largest absolute Gasteiger partial charge is 0.451 e. The number of aromatic nitrogens is 1. The van der Waals surface area contributed by atoms with Crippen molar-refractivity contribution in [3.8, 4) is 0 Å². The second-order valence-corrected chi connectivity index (χ2v) is 6.22. The van der Waals surface area contributed by atoms with E-state index in [-0.39, 0.29) is 13.0 Å². The zero-order valence-electron chi connectivity index (χ0n) is 12.5. The highest BCUT2D eigenvalue weighted by Crippen LogP contribution is 2.45. The first-order valence-corrected chi connectivity index (χ1v) is 7.37. The highest BCUT2D eigenvalue weighted by atomic mass is 16.7. The summed E-state index contributed by atoms with van der Waals surface area (Å²) in [6.07, 6.45) is -0.828. The predicted octanol–water partition coefficient (Wildman–Crippen LogP) is -0.543. The molecular weight excluding hydrogens is 302 g/mol. The number of para-hydroxylation sites is 1. The third kappa shape index (κ3) is 1.76. The van der Waals surface area contributed by atoms with Crippen molar-refractivity contribution in [2.45, 2.75) is 30.0 Å². The molecule has 2 aromatic rings. The fourth-order valence-electron chi connectivity index (χ4n) is 3.56. The molecule has 122 valence electrons. The number of nitrogens with zero attached hydrogens (tertiary/aromatic N) is 1. The zero-order valence-corrected chi connectivity index (χ0v) is 12.5. The van der Waals surface area contributed by atoms with Gasteiger partial charge in [0.1, 0.15) is 6.10 Å². The number of hydrogen-bond donors (Lipinski definition) is 3. The van der Waals surface area contributed by atoms with Gasteiger partial charge in [-0.1, -0.05) is 18.2 Å². The molecule has 2 fully saturated rings. The van der Waals surface area contributed by atoms with E-state index in [0.717, 1.165) is 10.9 Å². The zero-order chi connectivity index (χ0) is 16.4. The second-order valence-electron chi connectivity index (χ2n) is 6.22. The van der Waals surface area contributed by atoms with Crippen LogP contribution in [0.2, 0.25) is 0 Å². The minimum atomic E-state index is -2.26. The molecule has 4 atom stereocenters. The Morgan fingerprint density at radius 1 is 1.35 bits per heavy atom. The molecule has 2 aliphatic rings. The van der Waals surface area contributed by atoms with E-state index in [1.807, 2.05) is 35.9 Å². The first-order valence-electron chi connectivity index (χ1n) is 7.37. The van der Waals surface area contributed by atoms with E-state index >= 15 is 0 Å². The first kappa shape index (κ1) is 14.6. The molecule has 0 aliphatic carbocycles. The van der Waals surface area contributed by atoms with Gasteiger partial charge in [0.15, 0.2) is 6.10 Å². The van der Waals surface area contributed by atoms with Gasteiger partial charge in [0.2, 0.25) is 11.4 Å². The molecule has 3 N–H and O–H groups in total. The van der Waals surface area contributed by atoms with Crippen LogP contribution < -0.4 is 0 Å². The number of fused-ring (bicyclic) bond motifs is 2. The van der Waals surface area contributed by atoms with Crippen molar-refractivity contribution in [2.24, 2.45) is 7.05 Å². The number of carbonyl (C=O) groups is 1. The lowest BCUT2D eigenvalue weighted by Crippen LogP contribution is -2.59. The highest BCUT2D eigenvalue weighted by molar-refractivity contribution is 5.88. The molecule has 0 radical (unpaired) electrons. The van der Waals surface area contributed by atoms with Gasteiger partial charge in [-0.2, -0.15) is 0 Å². The molecule has 1 aromatic heterocycles. The average molecular weight is 319 g/mol. The number of esters is 1. The van der Waals surface area contributed by atoms with Gasteiger partial charge < -0.3 is 29.4 Å². The van der Waals surface area contributed by atoms with Gasteiger partial charge in [0, 0.05) is 30.6 Å². The fourth-order valence-corrected chi connectivity index (χ4v) is 3.56. The van der Waals surface area contributed by atoms with Crippen LogP contribution in [-0.2, 0) is 27.7 Å². The third-order valence-corrected chi connectivity index (χ3v) is 4.80. The lowest BCUT2D eigenvalue weighted by molar-refractivity contribution is -0.262. The van der Waals surface area contributed by atoms with E-state index in [0.29, 0.717) is 5.56 Å². The topological polar surface area (TPSA) is 101 Å². The summed E-state index contributed by atoms with van der Waals surface area (Å²) in [5, 5.41) is 32.1. The van der Waals surface area contributed by atoms with Crippen LogP contribution in [0.4, 0.5) is 0 Å². The number of benzene rings is 1. The van der Waals surface area contributed by atoms with Crippen LogP contribution in [0.3, 0.4) is 0 Å². The van der Waals surface area contributed by atoms with E-state index in [9.17, 15) is 20.1 Å². The molecule has 1 aromatic carbocycles. The summed E-state index contributed by atoms with van der Waals surface area (Å²) in [7, 11) is 1.86. The minimum Gasteiger partial charge on any atom is -0.451 e. The van der Waals surface area contributed by atoms with Gasteiger partial charge in [-0.3, -0.25) is 0 Å². The molecule has 3 heterocycles. The molecule has 0 bridgehead atoms. The number of aryl methyl sites for hydroxylation is 1. The van der Waals surface area contributed by atoms with Crippen molar-refractivity contribution in [1.82, 2.24) is 4.57 Å². The smallest absolute Gasteiger partial charge is 0.344 e. The second kappa shape index (κ2) is 4.55. The number of carbonyl (C=O) groups excluding carboxylic acids is 1. The maximum Gasteiger partial charge on any atom is 0.344 e. The highest BCUT2D eigenvalue weighted by Gasteiger charge is 2.73. The van der Waals surface area contributed by atoms with Crippen LogP contribution in [0.15, 0.2) is 30.5 Å². The molecule has 7 heteroatoms. The number of rotatable bonds is 2. The van der Waals surface area contributed by atoms with Crippen LogP contribution in [-0.4, -0.2) is 56.1 Å². The molecule has 0 unspecified atom stereocenters. The Kier molecular flexibility index (Phi) is 2.90. The summed E-state index contributed by atoms with van der Waals surface area (Å²) >= 11 is 0. The Balaban J connectivity index is 1.79. The molecule has 0 amide bonds. The molecule has 2 aliphatic heterocycles. The van der Waals surface area contributed by atoms with Crippen molar-refractivity contribution < 1.29 is 29.6 Å². The van der Waals surface area contributed by atoms with Gasteiger partial charge in [-0.05, 0) is 11.6 Å². The van der Waals surface area contributed by atoms with Crippen molar-refractivity contribution in [2.75, 3.05) is 6.61 Å². The molecule has 0 spiro atoms. The van der Waals surface area contributed by atoms with E-state index < -0.39 is 29.6 Å². The number of aliphatic hydroxyl groups excluding tert-OH is 1. The standard InChI is InChI=1S/C16H17NO6/c1-17-7-9(10-4-2-3-5-11(10)17)6-15(20)14(19)23-13-12(18)8-22-16(13,15)21/h2-5,7,12-13,18,20-21H,6,8H2,1H3/t12-,13+,15-,16-/m0/s1. The lowest BCUT2D eigenvalue weighted by Gasteiger charge is -2.31. The first-order chi connectivity index (χ1) is 10.9. The SMILES string of the molecule is Cn1cc(C[C@]2(O)C(=O)O[C@@H]3[C@@H](O)CO[C@@]32O)c2ccccc21. The average Bonchev–Trinajstić information content (AvgIpc) is 3.06. The van der Waals surface area contributed by atoms with Gasteiger partial charge in [0.05, 0.1) is 6.61 Å². The van der Waals surface area contributed by atoms with Crippen molar-refractivity contribution in [1.29, 1.82) is 0 Å². The Morgan fingerprint density at radius 2 is 2.09 bits per heavy atom. The Hall–Kier alpha value is -1.93. The van der Waals surface area contributed by atoms with Crippen LogP contribution in [0.25, 0.3) is 10.9 Å². The summed E-state index contributed by atoms with van der Waals surface area (Å²) in [5.41, 5.74) is -0.644. The Morgan fingerprint density at radius 3 is 2.87 bits per heavy atom. The van der Waals surface area contributed by atoms with Crippen LogP contribution in [0.1, 0.15) is 5.56 Å². The quantitative estimate of drug-likeness (QED) is 0.643. The van der Waals surface area contributed by atoms with Crippen molar-refractivity contribution in [3.05, 3.63) is 36.0 Å². The van der Waals surface area contributed by atoms with Gasteiger partial charge in [-0.25, -0.2) is 4.79 Å². The summed E-state index contributed by atoms with van der Waals surface area (Å²) in [6, 6.07) is 7.55. The summed E-state index contributed by atoms with van der Waals surface area (Å²) in [4.78, 5) is 12.2. The number of aliphatic hydroxyl groups is 3. The summed E-state index contributed by atoms with van der Waals surface area (Å²) in [6.45, 7) is -0.202. The van der Waals surface area contributed by atoms with Crippen LogP contribution >= 0.6 is 0 Å². The van der Waals surface area contributed by atoms with E-state index in [1.54, 1.807) is 6.20 Å². The molecular formula is C16H17NO6. The third-order valence-electron chi connectivity index (χ3n) is 4.80. The van der Waals surface area contributed by atoms with Crippen LogP contribution in [0, 0.1) is 0 Å². The monoisotopic (exact) mass is 319 g/mol. The number of ether oxygens (including phenoxy) is 2.